The third-order valence-corrected chi connectivity index (χ3v) is 7.20. The Morgan fingerprint density at radius 1 is 1.10 bits per heavy atom. The van der Waals surface area contributed by atoms with Gasteiger partial charge in [0.05, 0.1) is 11.8 Å². The summed E-state index contributed by atoms with van der Waals surface area (Å²) in [5.74, 6) is -0.153. The largest absolute Gasteiger partial charge is 0.497 e. The number of rotatable bonds is 7. The molecular weight excluding hydrogens is 458 g/mol. The number of esters is 1. The molecule has 0 unspecified atom stereocenters. The van der Waals surface area contributed by atoms with E-state index in [2.05, 4.69) is 20.5 Å². The second kappa shape index (κ2) is 8.96. The van der Waals surface area contributed by atoms with E-state index in [1.54, 1.807) is 37.4 Å². The quantitative estimate of drug-likeness (QED) is 0.401. The lowest BCUT2D eigenvalue weighted by molar-refractivity contribution is 0.0477. The molecule has 0 aliphatic rings. The smallest absolute Gasteiger partial charge is 0.348 e. The van der Waals surface area contributed by atoms with E-state index >= 15 is 0 Å². The molecule has 0 saturated heterocycles. The summed E-state index contributed by atoms with van der Waals surface area (Å²) in [4.78, 5) is 32.4. The molecular formula is C19H17N5O4S3. The topological polar surface area (TPSA) is 107 Å². The molecule has 1 N–H and O–H groups in total. The Bertz CT molecular complexity index is 1200. The van der Waals surface area contributed by atoms with Crippen molar-refractivity contribution < 1.29 is 19.1 Å². The van der Waals surface area contributed by atoms with E-state index in [1.165, 1.54) is 22.7 Å². The molecule has 12 heteroatoms. The fourth-order valence-electron chi connectivity index (χ4n) is 2.48. The highest BCUT2D eigenvalue weighted by atomic mass is 32.1. The van der Waals surface area contributed by atoms with Crippen molar-refractivity contribution in [1.82, 2.24) is 15.2 Å². The Hall–Kier alpha value is -3.09. The molecule has 31 heavy (non-hydrogen) atoms. The van der Waals surface area contributed by atoms with E-state index in [9.17, 15) is 9.59 Å². The molecule has 0 aliphatic heterocycles. The highest BCUT2D eigenvalue weighted by Crippen LogP contribution is 2.34. The Labute approximate surface area is 189 Å². The van der Waals surface area contributed by atoms with Crippen molar-refractivity contribution in [3.8, 4) is 5.75 Å². The lowest BCUT2D eigenvalue weighted by atomic mass is 10.3. The number of anilines is 2. The van der Waals surface area contributed by atoms with Crippen molar-refractivity contribution in [2.75, 3.05) is 31.4 Å². The zero-order chi connectivity index (χ0) is 22.0. The predicted molar refractivity (Wildman–Crippen MR) is 122 cm³/mol. The SMILES string of the molecule is COc1ccc(NC(=O)c2nnc(COC(=O)c3cc4sc(N(C)C)nc4s3)s2)cc1. The van der Waals surface area contributed by atoms with E-state index in [-0.39, 0.29) is 17.5 Å². The number of thiophene rings is 1. The maximum absolute atomic E-state index is 12.4. The molecule has 9 nitrogen and oxygen atoms in total. The first-order chi connectivity index (χ1) is 14.9. The van der Waals surface area contributed by atoms with E-state index < -0.39 is 5.97 Å². The molecule has 0 atom stereocenters. The lowest BCUT2D eigenvalue weighted by Crippen LogP contribution is -2.11. The van der Waals surface area contributed by atoms with Crippen LogP contribution in [0.1, 0.15) is 24.5 Å². The average molecular weight is 476 g/mol. The molecule has 0 aliphatic carbocycles. The zero-order valence-electron chi connectivity index (χ0n) is 16.7. The minimum atomic E-state index is -0.457. The monoisotopic (exact) mass is 475 g/mol. The number of ether oxygens (including phenoxy) is 2. The second-order valence-electron chi connectivity index (χ2n) is 6.43. The summed E-state index contributed by atoms with van der Waals surface area (Å²) in [6.07, 6.45) is 0. The third-order valence-electron chi connectivity index (χ3n) is 4.00. The zero-order valence-corrected chi connectivity index (χ0v) is 19.2. The number of aromatic nitrogens is 3. The van der Waals surface area contributed by atoms with Gasteiger partial charge in [-0.25, -0.2) is 9.78 Å². The number of amides is 1. The van der Waals surface area contributed by atoms with Gasteiger partial charge in [-0.05, 0) is 30.3 Å². The van der Waals surface area contributed by atoms with Crippen LogP contribution in [0.3, 0.4) is 0 Å². The Kier molecular flexibility index (Phi) is 6.11. The fraction of sp³-hybridized carbons (Fsp3) is 0.211. The standard InChI is InChI=1S/C19H17N5O4S3/c1-24(2)19-21-16-12(30-19)8-13(29-16)18(26)28-9-14-22-23-17(31-14)15(25)20-10-4-6-11(27-3)7-5-10/h4-8H,9H2,1-3H3,(H,20,25). The summed E-state index contributed by atoms with van der Waals surface area (Å²) >= 11 is 3.87. The van der Waals surface area contributed by atoms with Crippen molar-refractivity contribution in [1.29, 1.82) is 0 Å². The van der Waals surface area contributed by atoms with Crippen LogP contribution in [0.25, 0.3) is 9.53 Å². The minimum absolute atomic E-state index is 0.0613. The van der Waals surface area contributed by atoms with E-state index in [0.29, 0.717) is 21.3 Å². The van der Waals surface area contributed by atoms with Crippen LogP contribution in [-0.2, 0) is 11.3 Å². The summed E-state index contributed by atoms with van der Waals surface area (Å²) in [5.41, 5.74) is 0.609. The van der Waals surface area contributed by atoms with Crippen LogP contribution in [0.5, 0.6) is 5.75 Å². The van der Waals surface area contributed by atoms with Crippen molar-refractivity contribution in [3.05, 3.63) is 45.2 Å². The molecule has 1 aromatic carbocycles. The normalized spacial score (nSPS) is 10.8. The van der Waals surface area contributed by atoms with Crippen molar-refractivity contribution in [2.45, 2.75) is 6.61 Å². The van der Waals surface area contributed by atoms with E-state index in [0.717, 1.165) is 26.0 Å². The van der Waals surface area contributed by atoms with E-state index in [1.807, 2.05) is 19.0 Å². The number of nitrogens with one attached hydrogen (secondary N) is 1. The molecule has 0 radical (unpaired) electrons. The summed E-state index contributed by atoms with van der Waals surface area (Å²) in [6, 6.07) is 8.71. The third kappa shape index (κ3) is 4.81. The summed E-state index contributed by atoms with van der Waals surface area (Å²) in [7, 11) is 5.42. The molecule has 160 valence electrons. The van der Waals surface area contributed by atoms with Gasteiger partial charge in [-0.15, -0.1) is 21.5 Å². The molecule has 1 amide bonds. The van der Waals surface area contributed by atoms with Gasteiger partial charge in [-0.3, -0.25) is 4.79 Å². The van der Waals surface area contributed by atoms with Gasteiger partial charge in [0, 0.05) is 19.8 Å². The molecule has 0 bridgehead atoms. The van der Waals surface area contributed by atoms with Crippen LogP contribution < -0.4 is 15.0 Å². The van der Waals surface area contributed by atoms with Crippen LogP contribution in [0.4, 0.5) is 10.8 Å². The number of benzene rings is 1. The van der Waals surface area contributed by atoms with Crippen molar-refractivity contribution >= 4 is 66.2 Å². The lowest BCUT2D eigenvalue weighted by Gasteiger charge is -2.05. The number of hydrogen-bond acceptors (Lipinski definition) is 11. The molecule has 4 aromatic rings. The first kappa shape index (κ1) is 21.2. The van der Waals surface area contributed by atoms with Gasteiger partial charge < -0.3 is 19.7 Å². The summed E-state index contributed by atoms with van der Waals surface area (Å²) in [6.45, 7) is -0.0613. The number of fused-ring (bicyclic) bond motifs is 1. The molecule has 3 aromatic heterocycles. The van der Waals surface area contributed by atoms with E-state index in [4.69, 9.17) is 9.47 Å². The highest BCUT2D eigenvalue weighted by Gasteiger charge is 2.18. The second-order valence-corrected chi connectivity index (χ2v) is 9.53. The van der Waals surface area contributed by atoms with Gasteiger partial charge in [-0.1, -0.05) is 22.7 Å². The fourth-order valence-corrected chi connectivity index (χ4v) is 5.15. The van der Waals surface area contributed by atoms with Crippen LogP contribution in [0.15, 0.2) is 30.3 Å². The number of thiazole rings is 1. The van der Waals surface area contributed by atoms with Gasteiger partial charge in [0.1, 0.15) is 22.1 Å². The Morgan fingerprint density at radius 2 is 1.87 bits per heavy atom. The van der Waals surface area contributed by atoms with Crippen LogP contribution in [-0.4, -0.2) is 48.3 Å². The van der Waals surface area contributed by atoms with Gasteiger partial charge >= 0.3 is 5.97 Å². The number of carbonyl (C=O) groups excluding carboxylic acids is 2. The van der Waals surface area contributed by atoms with Gasteiger partial charge in [-0.2, -0.15) is 0 Å². The van der Waals surface area contributed by atoms with Crippen molar-refractivity contribution in [2.24, 2.45) is 0 Å². The average Bonchev–Trinajstić information content (AvgIpc) is 3.47. The maximum Gasteiger partial charge on any atom is 0.348 e. The summed E-state index contributed by atoms with van der Waals surface area (Å²) in [5, 5.41) is 12.0. The molecule has 4 rings (SSSR count). The molecule has 0 spiro atoms. The first-order valence-corrected chi connectivity index (χ1v) is 11.4. The van der Waals surface area contributed by atoms with Crippen LogP contribution in [0, 0.1) is 0 Å². The van der Waals surface area contributed by atoms with Crippen molar-refractivity contribution in [3.63, 3.8) is 0 Å². The highest BCUT2D eigenvalue weighted by molar-refractivity contribution is 7.29. The number of hydrogen-bond donors (Lipinski definition) is 1. The number of nitrogens with zero attached hydrogens (tertiary/aromatic N) is 4. The number of methoxy groups -OCH3 is 1. The summed E-state index contributed by atoms with van der Waals surface area (Å²) < 4.78 is 11.4. The first-order valence-electron chi connectivity index (χ1n) is 8.95. The molecule has 0 saturated carbocycles. The van der Waals surface area contributed by atoms with Gasteiger partial charge in [0.2, 0.25) is 5.01 Å². The van der Waals surface area contributed by atoms with Gasteiger partial charge in [0.25, 0.3) is 5.91 Å². The van der Waals surface area contributed by atoms with Crippen LogP contribution >= 0.6 is 34.0 Å². The minimum Gasteiger partial charge on any atom is -0.497 e. The Balaban J connectivity index is 1.34. The number of carbonyl (C=O) groups is 2. The van der Waals surface area contributed by atoms with Gasteiger partial charge in [0.15, 0.2) is 10.1 Å². The maximum atomic E-state index is 12.4. The molecule has 0 fully saturated rings. The van der Waals surface area contributed by atoms with Crippen LogP contribution in [0.2, 0.25) is 0 Å². The predicted octanol–water partition coefficient (Wildman–Crippen LogP) is 3.89. The molecule has 3 heterocycles. The Morgan fingerprint density at radius 3 is 2.55 bits per heavy atom.